The van der Waals surface area contributed by atoms with Gasteiger partial charge in [-0.3, -0.25) is 4.79 Å². The van der Waals surface area contributed by atoms with Crippen LogP contribution < -0.4 is 0 Å². The normalized spacial score (nSPS) is 16.3. The van der Waals surface area contributed by atoms with Gasteiger partial charge in [-0.15, -0.1) is 0 Å². The molecular formula is C21H23FN2O2. The molecule has 0 fully saturated rings. The molecule has 5 heteroatoms. The van der Waals surface area contributed by atoms with Crippen LogP contribution >= 0.6 is 0 Å². The number of oxime groups is 1. The highest BCUT2D eigenvalue weighted by molar-refractivity contribution is 6.01. The van der Waals surface area contributed by atoms with E-state index in [9.17, 15) is 9.18 Å². The van der Waals surface area contributed by atoms with E-state index in [4.69, 9.17) is 4.84 Å². The lowest BCUT2D eigenvalue weighted by Crippen LogP contribution is -2.39. The summed E-state index contributed by atoms with van der Waals surface area (Å²) in [7, 11) is 0. The molecule has 0 aromatic heterocycles. The lowest BCUT2D eigenvalue weighted by molar-refractivity contribution is -0.137. The Balaban J connectivity index is 1.68. The van der Waals surface area contributed by atoms with E-state index in [1.165, 1.54) is 12.1 Å². The van der Waals surface area contributed by atoms with Crippen LogP contribution in [-0.2, 0) is 16.2 Å². The van der Waals surface area contributed by atoms with Crippen LogP contribution in [0.4, 0.5) is 4.39 Å². The van der Waals surface area contributed by atoms with Crippen LogP contribution in [0.15, 0.2) is 59.8 Å². The molecule has 1 amide bonds. The SMILES string of the molecule is CC(C)C(=O)N(Cc1cccc(F)c1)C[C@H]1CC(c2ccccc2)=NO1. The number of halogens is 1. The third-order valence-corrected chi connectivity index (χ3v) is 4.33. The molecule has 0 spiro atoms. The van der Waals surface area contributed by atoms with E-state index in [1.54, 1.807) is 11.0 Å². The topological polar surface area (TPSA) is 41.9 Å². The van der Waals surface area contributed by atoms with Gasteiger partial charge in [0, 0.05) is 18.9 Å². The highest BCUT2D eigenvalue weighted by Crippen LogP contribution is 2.19. The average molecular weight is 354 g/mol. The molecule has 1 aliphatic rings. The van der Waals surface area contributed by atoms with Gasteiger partial charge in [-0.1, -0.05) is 61.5 Å². The minimum absolute atomic E-state index is 0.0195. The first-order chi connectivity index (χ1) is 12.5. The quantitative estimate of drug-likeness (QED) is 0.787. The summed E-state index contributed by atoms with van der Waals surface area (Å²) in [6, 6.07) is 16.2. The first-order valence-corrected chi connectivity index (χ1v) is 8.84. The van der Waals surface area contributed by atoms with Crippen molar-refractivity contribution in [1.29, 1.82) is 0 Å². The summed E-state index contributed by atoms with van der Waals surface area (Å²) in [5.41, 5.74) is 2.68. The fourth-order valence-electron chi connectivity index (χ4n) is 3.03. The van der Waals surface area contributed by atoms with Crippen LogP contribution in [0, 0.1) is 11.7 Å². The van der Waals surface area contributed by atoms with Crippen LogP contribution in [-0.4, -0.2) is 29.2 Å². The van der Waals surface area contributed by atoms with Gasteiger partial charge in [-0.25, -0.2) is 4.39 Å². The maximum Gasteiger partial charge on any atom is 0.225 e. The monoisotopic (exact) mass is 354 g/mol. The molecule has 2 aromatic rings. The van der Waals surface area contributed by atoms with Gasteiger partial charge in [0.1, 0.15) is 5.82 Å². The number of benzene rings is 2. The van der Waals surface area contributed by atoms with Gasteiger partial charge >= 0.3 is 0 Å². The average Bonchev–Trinajstić information content (AvgIpc) is 3.10. The van der Waals surface area contributed by atoms with E-state index in [0.717, 1.165) is 16.8 Å². The van der Waals surface area contributed by atoms with Crippen molar-refractivity contribution in [3.63, 3.8) is 0 Å². The van der Waals surface area contributed by atoms with E-state index in [1.807, 2.05) is 50.2 Å². The number of rotatable bonds is 6. The molecule has 3 rings (SSSR count). The van der Waals surface area contributed by atoms with E-state index < -0.39 is 0 Å². The van der Waals surface area contributed by atoms with Crippen molar-refractivity contribution < 1.29 is 14.0 Å². The molecule has 2 aromatic carbocycles. The zero-order chi connectivity index (χ0) is 18.5. The van der Waals surface area contributed by atoms with Crippen LogP contribution in [0.1, 0.15) is 31.4 Å². The lowest BCUT2D eigenvalue weighted by Gasteiger charge is -2.26. The van der Waals surface area contributed by atoms with Crippen molar-refractivity contribution in [2.75, 3.05) is 6.54 Å². The Hall–Kier alpha value is -2.69. The van der Waals surface area contributed by atoms with E-state index >= 15 is 0 Å². The van der Waals surface area contributed by atoms with Crippen molar-refractivity contribution in [2.45, 2.75) is 32.9 Å². The lowest BCUT2D eigenvalue weighted by atomic mass is 10.0. The number of hydrogen-bond donors (Lipinski definition) is 0. The molecule has 4 nitrogen and oxygen atoms in total. The maximum absolute atomic E-state index is 13.5. The second-order valence-corrected chi connectivity index (χ2v) is 6.84. The van der Waals surface area contributed by atoms with Gasteiger partial charge in [0.05, 0.1) is 12.3 Å². The van der Waals surface area contributed by atoms with Gasteiger partial charge in [-0.2, -0.15) is 0 Å². The zero-order valence-electron chi connectivity index (χ0n) is 15.1. The standard InChI is InChI=1S/C21H23FN2O2/c1-15(2)21(25)24(13-16-7-6-10-18(22)11-16)14-19-12-20(23-26-19)17-8-4-3-5-9-17/h3-11,15,19H,12-14H2,1-2H3/t19-/m1/s1. The molecule has 26 heavy (non-hydrogen) atoms. The molecule has 1 heterocycles. The van der Waals surface area contributed by atoms with Crippen LogP contribution in [0.3, 0.4) is 0 Å². The highest BCUT2D eigenvalue weighted by Gasteiger charge is 2.27. The van der Waals surface area contributed by atoms with Crippen molar-refractivity contribution in [3.8, 4) is 0 Å². The predicted molar refractivity (Wildman–Crippen MR) is 99.1 cm³/mol. The Morgan fingerprint density at radius 2 is 2.00 bits per heavy atom. The van der Waals surface area contributed by atoms with Gasteiger partial charge in [0.25, 0.3) is 0 Å². The fourth-order valence-corrected chi connectivity index (χ4v) is 3.03. The Bertz CT molecular complexity index is 790. The summed E-state index contributed by atoms with van der Waals surface area (Å²) < 4.78 is 13.5. The Kier molecular flexibility index (Phi) is 5.66. The second kappa shape index (κ2) is 8.13. The maximum atomic E-state index is 13.5. The summed E-state index contributed by atoms with van der Waals surface area (Å²) in [6.45, 7) is 4.51. The Morgan fingerprint density at radius 3 is 2.69 bits per heavy atom. The van der Waals surface area contributed by atoms with Crippen molar-refractivity contribution >= 4 is 11.6 Å². The molecule has 0 saturated carbocycles. The number of amides is 1. The molecule has 0 unspecified atom stereocenters. The predicted octanol–water partition coefficient (Wildman–Crippen LogP) is 4.00. The van der Waals surface area contributed by atoms with Crippen molar-refractivity contribution in [3.05, 3.63) is 71.5 Å². The van der Waals surface area contributed by atoms with Gasteiger partial charge < -0.3 is 9.74 Å². The first kappa shape index (κ1) is 18.1. The van der Waals surface area contributed by atoms with E-state index in [-0.39, 0.29) is 23.7 Å². The van der Waals surface area contributed by atoms with Crippen LogP contribution in [0.2, 0.25) is 0 Å². The molecule has 136 valence electrons. The van der Waals surface area contributed by atoms with Crippen LogP contribution in [0.5, 0.6) is 0 Å². The third-order valence-electron chi connectivity index (χ3n) is 4.33. The minimum atomic E-state index is -0.300. The number of hydrogen-bond acceptors (Lipinski definition) is 3. The molecule has 1 atom stereocenters. The number of nitrogens with zero attached hydrogens (tertiary/aromatic N) is 2. The molecule has 1 aliphatic heterocycles. The van der Waals surface area contributed by atoms with Crippen molar-refractivity contribution in [2.24, 2.45) is 11.1 Å². The summed E-state index contributed by atoms with van der Waals surface area (Å²) in [4.78, 5) is 19.9. The molecule has 0 bridgehead atoms. The second-order valence-electron chi connectivity index (χ2n) is 6.84. The van der Waals surface area contributed by atoms with E-state index in [0.29, 0.717) is 19.5 Å². The molecular weight excluding hydrogens is 331 g/mol. The summed E-state index contributed by atoms with van der Waals surface area (Å²) in [5.74, 6) is -0.420. The molecule has 0 radical (unpaired) electrons. The smallest absolute Gasteiger partial charge is 0.225 e. The summed E-state index contributed by atoms with van der Waals surface area (Å²) in [5, 5.41) is 4.18. The van der Waals surface area contributed by atoms with Crippen LogP contribution in [0.25, 0.3) is 0 Å². The minimum Gasteiger partial charge on any atom is -0.390 e. The zero-order valence-corrected chi connectivity index (χ0v) is 15.1. The van der Waals surface area contributed by atoms with E-state index in [2.05, 4.69) is 5.16 Å². The largest absolute Gasteiger partial charge is 0.390 e. The summed E-state index contributed by atoms with van der Waals surface area (Å²) >= 11 is 0. The molecule has 0 N–H and O–H groups in total. The molecule has 0 saturated heterocycles. The first-order valence-electron chi connectivity index (χ1n) is 8.84. The highest BCUT2D eigenvalue weighted by atomic mass is 19.1. The van der Waals surface area contributed by atoms with Crippen molar-refractivity contribution in [1.82, 2.24) is 4.90 Å². The van der Waals surface area contributed by atoms with Gasteiger partial charge in [-0.05, 0) is 23.3 Å². The number of carbonyl (C=O) groups excluding carboxylic acids is 1. The summed E-state index contributed by atoms with van der Waals surface area (Å²) in [6.07, 6.45) is 0.455. The van der Waals surface area contributed by atoms with Gasteiger partial charge in [0.15, 0.2) is 6.10 Å². The Morgan fingerprint density at radius 1 is 1.23 bits per heavy atom. The fraction of sp³-hybridized carbons (Fsp3) is 0.333. The molecule has 0 aliphatic carbocycles. The van der Waals surface area contributed by atoms with Gasteiger partial charge in [0.2, 0.25) is 5.91 Å². The third kappa shape index (κ3) is 4.48. The Labute approximate surface area is 153 Å². The number of carbonyl (C=O) groups is 1.